The Bertz CT molecular complexity index is 812. The van der Waals surface area contributed by atoms with Crippen LogP contribution in [0, 0.1) is 0 Å². The van der Waals surface area contributed by atoms with Crippen molar-refractivity contribution >= 4 is 41.5 Å². The van der Waals surface area contributed by atoms with Gasteiger partial charge in [-0.1, -0.05) is 60.1 Å². The Hall–Kier alpha value is -1.35. The van der Waals surface area contributed by atoms with Crippen molar-refractivity contribution in [2.24, 2.45) is 4.99 Å². The second-order valence-corrected chi connectivity index (χ2v) is 8.27. The first-order chi connectivity index (χ1) is 14.6. The second kappa shape index (κ2) is 13.3. The minimum absolute atomic E-state index is 0. The fourth-order valence-corrected chi connectivity index (χ4v) is 4.14. The average Bonchev–Trinajstić information content (AvgIpc) is 2.78. The first kappa shape index (κ1) is 25.9. The largest absolute Gasteiger partial charge is 0.381 e. The van der Waals surface area contributed by atoms with Crippen molar-refractivity contribution in [2.75, 3.05) is 33.4 Å². The van der Waals surface area contributed by atoms with Gasteiger partial charge in [-0.3, -0.25) is 4.99 Å². The predicted octanol–water partition coefficient (Wildman–Crippen LogP) is 4.57. The smallest absolute Gasteiger partial charge is 0.191 e. The van der Waals surface area contributed by atoms with Gasteiger partial charge in [-0.05, 0) is 43.4 Å². The molecule has 0 aliphatic carbocycles. The summed E-state index contributed by atoms with van der Waals surface area (Å²) in [7, 11) is 1.81. The summed E-state index contributed by atoms with van der Waals surface area (Å²) in [6.07, 6.45) is 2.78. The molecule has 31 heavy (non-hydrogen) atoms. The molecule has 170 valence electrons. The molecular formula is C24H34ClIN4O. The van der Waals surface area contributed by atoms with Crippen LogP contribution in [-0.2, 0) is 11.2 Å². The highest BCUT2D eigenvalue weighted by Gasteiger charge is 2.34. The molecular weight excluding hydrogens is 523 g/mol. The maximum atomic E-state index is 6.26. The molecule has 5 nitrogen and oxygen atoms in total. The zero-order valence-corrected chi connectivity index (χ0v) is 21.5. The first-order valence-corrected chi connectivity index (χ1v) is 11.1. The molecule has 0 spiro atoms. The van der Waals surface area contributed by atoms with Crippen molar-refractivity contribution in [3.8, 4) is 0 Å². The highest BCUT2D eigenvalue weighted by Crippen LogP contribution is 2.25. The predicted molar refractivity (Wildman–Crippen MR) is 141 cm³/mol. The summed E-state index contributed by atoms with van der Waals surface area (Å²) in [5.41, 5.74) is 2.40. The van der Waals surface area contributed by atoms with E-state index in [2.05, 4.69) is 64.3 Å². The molecule has 7 heteroatoms. The van der Waals surface area contributed by atoms with E-state index in [9.17, 15) is 0 Å². The van der Waals surface area contributed by atoms with E-state index in [0.717, 1.165) is 62.1 Å². The Balaban J connectivity index is 0.00000341. The monoisotopic (exact) mass is 556 g/mol. The Labute approximate surface area is 208 Å². The van der Waals surface area contributed by atoms with Gasteiger partial charge >= 0.3 is 0 Å². The van der Waals surface area contributed by atoms with Crippen LogP contribution in [-0.4, -0.2) is 44.8 Å². The summed E-state index contributed by atoms with van der Waals surface area (Å²) in [5, 5.41) is 11.6. The number of hydrogen-bond acceptors (Lipinski definition) is 3. The lowest BCUT2D eigenvalue weighted by atomic mass is 9.88. The van der Waals surface area contributed by atoms with Crippen LogP contribution in [0.3, 0.4) is 0 Å². The molecule has 1 saturated heterocycles. The van der Waals surface area contributed by atoms with Gasteiger partial charge in [0.1, 0.15) is 0 Å². The number of halogens is 2. The Morgan fingerprint density at radius 3 is 2.42 bits per heavy atom. The molecule has 0 amide bonds. The van der Waals surface area contributed by atoms with Crippen LogP contribution < -0.4 is 16.0 Å². The number of rotatable bonds is 8. The van der Waals surface area contributed by atoms with Crippen LogP contribution in [0.15, 0.2) is 59.6 Å². The van der Waals surface area contributed by atoms with E-state index in [1.807, 2.05) is 25.2 Å². The van der Waals surface area contributed by atoms with E-state index >= 15 is 0 Å². The topological polar surface area (TPSA) is 57.7 Å². The van der Waals surface area contributed by atoms with Crippen LogP contribution >= 0.6 is 35.6 Å². The highest BCUT2D eigenvalue weighted by atomic mass is 127. The Morgan fingerprint density at radius 1 is 1.06 bits per heavy atom. The third-order valence-electron chi connectivity index (χ3n) is 5.73. The standard InChI is InChI=1S/C24H33ClN4O.HI/c1-19(20-8-4-3-5-9-20)29-24(13-16-30-17-14-24)18-28-23(26-2)27-15-12-21-10-6-7-11-22(21)25;/h3-11,19,29H,12-18H2,1-2H3,(H2,26,27,28);1H. The van der Waals surface area contributed by atoms with E-state index in [-0.39, 0.29) is 35.6 Å². The Morgan fingerprint density at radius 2 is 1.74 bits per heavy atom. The third-order valence-corrected chi connectivity index (χ3v) is 6.10. The van der Waals surface area contributed by atoms with E-state index in [1.165, 1.54) is 5.56 Å². The van der Waals surface area contributed by atoms with Crippen LogP contribution in [0.5, 0.6) is 0 Å². The second-order valence-electron chi connectivity index (χ2n) is 7.86. The molecule has 1 atom stereocenters. The van der Waals surface area contributed by atoms with E-state index in [0.29, 0.717) is 0 Å². The van der Waals surface area contributed by atoms with E-state index in [1.54, 1.807) is 0 Å². The lowest BCUT2D eigenvalue weighted by molar-refractivity contribution is 0.0355. The van der Waals surface area contributed by atoms with Gasteiger partial charge in [0.2, 0.25) is 0 Å². The summed E-state index contributed by atoms with van der Waals surface area (Å²) >= 11 is 6.26. The average molecular weight is 557 g/mol. The van der Waals surface area contributed by atoms with Crippen LogP contribution in [0.4, 0.5) is 0 Å². The molecule has 3 N–H and O–H groups in total. The molecule has 1 aliphatic rings. The van der Waals surface area contributed by atoms with Crippen molar-refractivity contribution in [3.63, 3.8) is 0 Å². The van der Waals surface area contributed by atoms with Gasteiger partial charge in [0.15, 0.2) is 5.96 Å². The van der Waals surface area contributed by atoms with Crippen LogP contribution in [0.2, 0.25) is 5.02 Å². The van der Waals surface area contributed by atoms with Gasteiger partial charge in [0, 0.05) is 50.0 Å². The molecule has 1 heterocycles. The van der Waals surface area contributed by atoms with Gasteiger partial charge in [-0.15, -0.1) is 24.0 Å². The van der Waals surface area contributed by atoms with Crippen molar-refractivity contribution in [1.29, 1.82) is 0 Å². The first-order valence-electron chi connectivity index (χ1n) is 10.7. The van der Waals surface area contributed by atoms with Gasteiger partial charge in [-0.2, -0.15) is 0 Å². The van der Waals surface area contributed by atoms with Gasteiger partial charge in [-0.25, -0.2) is 0 Å². The molecule has 0 radical (unpaired) electrons. The maximum absolute atomic E-state index is 6.26. The number of nitrogens with one attached hydrogen (secondary N) is 3. The number of nitrogens with zero attached hydrogens (tertiary/aromatic N) is 1. The summed E-state index contributed by atoms with van der Waals surface area (Å²) < 4.78 is 5.64. The quantitative estimate of drug-likeness (QED) is 0.253. The minimum atomic E-state index is -0.0339. The lowest BCUT2D eigenvalue weighted by Crippen LogP contribution is -2.58. The van der Waals surface area contributed by atoms with Gasteiger partial charge < -0.3 is 20.7 Å². The van der Waals surface area contributed by atoms with Crippen molar-refractivity contribution in [3.05, 3.63) is 70.7 Å². The normalized spacial score (nSPS) is 16.8. The number of hydrogen-bond donors (Lipinski definition) is 3. The molecule has 3 rings (SSSR count). The lowest BCUT2D eigenvalue weighted by Gasteiger charge is -2.41. The van der Waals surface area contributed by atoms with Crippen LogP contribution in [0.25, 0.3) is 0 Å². The SMILES string of the molecule is CN=C(NCCc1ccccc1Cl)NCC1(NC(C)c2ccccc2)CCOCC1.I. The Kier molecular flexibility index (Phi) is 11.1. The molecule has 0 aromatic heterocycles. The summed E-state index contributed by atoms with van der Waals surface area (Å²) in [6, 6.07) is 18.8. The number of guanidine groups is 1. The fourth-order valence-electron chi connectivity index (χ4n) is 3.91. The minimum Gasteiger partial charge on any atom is -0.381 e. The molecule has 1 unspecified atom stereocenters. The molecule has 0 saturated carbocycles. The fraction of sp³-hybridized carbons (Fsp3) is 0.458. The molecule has 1 fully saturated rings. The van der Waals surface area contributed by atoms with Gasteiger partial charge in [0.05, 0.1) is 0 Å². The number of aliphatic imine (C=N–C) groups is 1. The third kappa shape index (κ3) is 7.93. The molecule has 2 aromatic carbocycles. The summed E-state index contributed by atoms with van der Waals surface area (Å²) in [5.74, 6) is 0.807. The van der Waals surface area contributed by atoms with Crippen LogP contribution in [0.1, 0.15) is 36.9 Å². The maximum Gasteiger partial charge on any atom is 0.191 e. The zero-order chi connectivity index (χ0) is 21.2. The van der Waals surface area contributed by atoms with Crippen molar-refractivity contribution in [2.45, 2.75) is 37.8 Å². The summed E-state index contributed by atoms with van der Waals surface area (Å²) in [6.45, 7) is 5.33. The molecule has 1 aliphatic heterocycles. The summed E-state index contributed by atoms with van der Waals surface area (Å²) in [4.78, 5) is 4.40. The van der Waals surface area contributed by atoms with Gasteiger partial charge in [0.25, 0.3) is 0 Å². The van der Waals surface area contributed by atoms with E-state index in [4.69, 9.17) is 16.3 Å². The molecule has 2 aromatic rings. The molecule has 0 bridgehead atoms. The van der Waals surface area contributed by atoms with Crippen molar-refractivity contribution < 1.29 is 4.74 Å². The zero-order valence-electron chi connectivity index (χ0n) is 18.4. The highest BCUT2D eigenvalue weighted by molar-refractivity contribution is 14.0. The number of ether oxygens (including phenoxy) is 1. The van der Waals surface area contributed by atoms with Crippen molar-refractivity contribution in [1.82, 2.24) is 16.0 Å². The van der Waals surface area contributed by atoms with E-state index < -0.39 is 0 Å². The number of benzene rings is 2.